The molecule has 3 unspecified atom stereocenters. The first-order valence-corrected chi connectivity index (χ1v) is 7.78. The molecule has 0 bridgehead atoms. The van der Waals surface area contributed by atoms with E-state index in [2.05, 4.69) is 15.5 Å². The third-order valence-electron chi connectivity index (χ3n) is 3.42. The minimum atomic E-state index is -2.33. The van der Waals surface area contributed by atoms with Crippen LogP contribution in [-0.4, -0.2) is 40.6 Å². The van der Waals surface area contributed by atoms with E-state index in [-0.39, 0.29) is 18.1 Å². The van der Waals surface area contributed by atoms with Crippen LogP contribution in [0.1, 0.15) is 29.8 Å². The molecule has 142 valence electrons. The maximum atomic E-state index is 13.7. The van der Waals surface area contributed by atoms with Crippen LogP contribution in [0.5, 0.6) is 5.75 Å². The number of hydrogen-bond acceptors (Lipinski definition) is 5. The molecule has 0 saturated heterocycles. The van der Waals surface area contributed by atoms with Gasteiger partial charge in [0.2, 0.25) is 11.8 Å². The first-order chi connectivity index (χ1) is 12.4. The summed E-state index contributed by atoms with van der Waals surface area (Å²) in [5.41, 5.74) is 0.425. The van der Waals surface area contributed by atoms with Crippen LogP contribution >= 0.6 is 0 Å². The number of aromatic nitrogens is 2. The molecule has 1 amide bonds. The maximum absolute atomic E-state index is 13.7. The van der Waals surface area contributed by atoms with Gasteiger partial charge in [-0.05, 0) is 17.7 Å². The van der Waals surface area contributed by atoms with Gasteiger partial charge in [0, 0.05) is 13.3 Å². The minimum absolute atomic E-state index is 0.0181. The van der Waals surface area contributed by atoms with E-state index >= 15 is 0 Å². The van der Waals surface area contributed by atoms with Gasteiger partial charge in [-0.1, -0.05) is 12.1 Å². The lowest BCUT2D eigenvalue weighted by molar-refractivity contribution is -0.0112. The third-order valence-corrected chi connectivity index (χ3v) is 3.42. The number of benzene rings is 1. The van der Waals surface area contributed by atoms with Crippen molar-refractivity contribution in [2.24, 2.45) is 0 Å². The lowest BCUT2D eigenvalue weighted by Gasteiger charge is -2.18. The van der Waals surface area contributed by atoms with Gasteiger partial charge in [-0.2, -0.15) is 4.39 Å². The molecule has 0 saturated carbocycles. The highest BCUT2D eigenvalue weighted by molar-refractivity contribution is 5.65. The van der Waals surface area contributed by atoms with Crippen LogP contribution in [0.2, 0.25) is 0 Å². The first-order valence-electron chi connectivity index (χ1n) is 7.78. The average molecular weight is 373 g/mol. The van der Waals surface area contributed by atoms with Gasteiger partial charge in [0.05, 0.1) is 19.1 Å². The molecule has 1 aromatic carbocycles. The van der Waals surface area contributed by atoms with Gasteiger partial charge in [-0.15, -0.1) is 10.2 Å². The van der Waals surface area contributed by atoms with Crippen molar-refractivity contribution in [2.45, 2.75) is 38.3 Å². The summed E-state index contributed by atoms with van der Waals surface area (Å²) in [4.78, 5) is 11.0. The quantitative estimate of drug-likeness (QED) is 0.700. The summed E-state index contributed by atoms with van der Waals surface area (Å²) in [6.45, 7) is 0.593. The molecule has 2 aromatic rings. The lowest BCUT2D eigenvalue weighted by Crippen LogP contribution is -2.28. The molecule has 0 aliphatic carbocycles. The van der Waals surface area contributed by atoms with Crippen LogP contribution in [-0.2, 0) is 6.42 Å². The number of ether oxygens (including phenoxy) is 1. The van der Waals surface area contributed by atoms with E-state index < -0.39 is 37.8 Å². The Morgan fingerprint density at radius 2 is 2.15 bits per heavy atom. The fraction of sp³-hybridized carbons (Fsp3) is 0.438. The van der Waals surface area contributed by atoms with E-state index in [0.29, 0.717) is 11.5 Å². The van der Waals surface area contributed by atoms with Crippen molar-refractivity contribution in [3.05, 3.63) is 41.6 Å². The topological polar surface area (TPSA) is 97.5 Å². The maximum Gasteiger partial charge on any atom is 0.405 e. The molecule has 0 radical (unpaired) electrons. The lowest BCUT2D eigenvalue weighted by atomic mass is 10.0. The molecule has 26 heavy (non-hydrogen) atoms. The zero-order valence-corrected chi connectivity index (χ0v) is 13.9. The number of aryl methyl sites for hydroxylation is 1. The summed E-state index contributed by atoms with van der Waals surface area (Å²) in [5.74, 6) is 0.520. The van der Waals surface area contributed by atoms with Crippen LogP contribution in [0.4, 0.5) is 18.0 Å². The highest BCUT2D eigenvalue weighted by Gasteiger charge is 2.23. The predicted octanol–water partition coefficient (Wildman–Crippen LogP) is 3.30. The van der Waals surface area contributed by atoms with Crippen molar-refractivity contribution in [2.75, 3.05) is 6.67 Å². The minimum Gasteiger partial charge on any atom is -0.465 e. The predicted molar refractivity (Wildman–Crippen MR) is 84.1 cm³/mol. The molecule has 10 heteroatoms. The SMILES string of the molecule is Cc1nnc(CC(NC(=O)O)c2cccc(OC(F)C(F)CCF)c2)o1. The number of nitrogens with zero attached hydrogens (tertiary/aromatic N) is 2. The van der Waals surface area contributed by atoms with Gasteiger partial charge in [-0.25, -0.2) is 9.18 Å². The second kappa shape index (κ2) is 9.07. The van der Waals surface area contributed by atoms with E-state index in [1.165, 1.54) is 18.2 Å². The van der Waals surface area contributed by atoms with Gasteiger partial charge in [0.15, 0.2) is 6.17 Å². The monoisotopic (exact) mass is 373 g/mol. The van der Waals surface area contributed by atoms with Gasteiger partial charge in [0.1, 0.15) is 5.75 Å². The van der Waals surface area contributed by atoms with E-state index in [1.807, 2.05) is 0 Å². The van der Waals surface area contributed by atoms with Gasteiger partial charge < -0.3 is 19.6 Å². The number of alkyl halides is 3. The van der Waals surface area contributed by atoms with E-state index in [4.69, 9.17) is 14.3 Å². The van der Waals surface area contributed by atoms with E-state index in [9.17, 15) is 18.0 Å². The van der Waals surface area contributed by atoms with Crippen molar-refractivity contribution in [3.63, 3.8) is 0 Å². The molecule has 2 rings (SSSR count). The number of nitrogens with one attached hydrogen (secondary N) is 1. The zero-order valence-electron chi connectivity index (χ0n) is 13.9. The first kappa shape index (κ1) is 19.5. The molecular formula is C16H18F3N3O4. The molecule has 0 aliphatic rings. The summed E-state index contributed by atoms with van der Waals surface area (Å²) in [5, 5.41) is 18.8. The second-order valence-electron chi connectivity index (χ2n) is 5.46. The van der Waals surface area contributed by atoms with Crippen LogP contribution in [0.15, 0.2) is 28.7 Å². The number of amides is 1. The van der Waals surface area contributed by atoms with Crippen LogP contribution in [0.3, 0.4) is 0 Å². The highest BCUT2D eigenvalue weighted by Crippen LogP contribution is 2.24. The Morgan fingerprint density at radius 3 is 2.77 bits per heavy atom. The Hall–Kier alpha value is -2.78. The summed E-state index contributed by atoms with van der Waals surface area (Å²) in [7, 11) is 0. The number of carboxylic acid groups (broad SMARTS) is 1. The van der Waals surface area contributed by atoms with E-state index in [1.54, 1.807) is 13.0 Å². The van der Waals surface area contributed by atoms with Gasteiger partial charge >= 0.3 is 6.09 Å². The fourth-order valence-corrected chi connectivity index (χ4v) is 2.24. The van der Waals surface area contributed by atoms with Crippen molar-refractivity contribution >= 4 is 6.09 Å². The van der Waals surface area contributed by atoms with Crippen molar-refractivity contribution in [3.8, 4) is 5.75 Å². The highest BCUT2D eigenvalue weighted by atomic mass is 19.2. The fourth-order valence-electron chi connectivity index (χ4n) is 2.24. The summed E-state index contributed by atoms with van der Waals surface area (Å²) < 4.78 is 49.2. The Morgan fingerprint density at radius 1 is 1.38 bits per heavy atom. The van der Waals surface area contributed by atoms with Gasteiger partial charge in [-0.3, -0.25) is 4.39 Å². The Balaban J connectivity index is 2.15. The van der Waals surface area contributed by atoms with Crippen molar-refractivity contribution in [1.29, 1.82) is 0 Å². The smallest absolute Gasteiger partial charge is 0.405 e. The molecule has 0 aliphatic heterocycles. The summed E-state index contributed by atoms with van der Waals surface area (Å²) in [6.07, 6.45) is -6.26. The molecule has 7 nitrogen and oxygen atoms in total. The van der Waals surface area contributed by atoms with Crippen LogP contribution in [0.25, 0.3) is 0 Å². The summed E-state index contributed by atoms with van der Waals surface area (Å²) >= 11 is 0. The molecule has 3 atom stereocenters. The zero-order chi connectivity index (χ0) is 19.1. The molecule has 0 fully saturated rings. The Bertz CT molecular complexity index is 728. The number of carbonyl (C=O) groups is 1. The van der Waals surface area contributed by atoms with E-state index in [0.717, 1.165) is 0 Å². The molecule has 1 aromatic heterocycles. The number of rotatable bonds is 9. The van der Waals surface area contributed by atoms with Crippen LogP contribution < -0.4 is 10.1 Å². The van der Waals surface area contributed by atoms with Crippen molar-refractivity contribution < 1.29 is 32.2 Å². The average Bonchev–Trinajstić information content (AvgIpc) is 2.99. The standard InChI is InChI=1S/C16H18F3N3O4/c1-9-21-22-14(25-9)8-13(20-16(23)24)10-3-2-4-11(7-10)26-15(19)12(18)5-6-17/h2-4,7,12-13,15,20H,5-6,8H2,1H3,(H,23,24). The van der Waals surface area contributed by atoms with Crippen LogP contribution in [0, 0.1) is 6.92 Å². The number of hydrogen-bond donors (Lipinski definition) is 2. The Kier molecular flexibility index (Phi) is 6.81. The second-order valence-corrected chi connectivity index (χ2v) is 5.46. The summed E-state index contributed by atoms with van der Waals surface area (Å²) in [6, 6.07) is 5.04. The third kappa shape index (κ3) is 5.64. The number of halogens is 3. The normalized spacial score (nSPS) is 14.5. The largest absolute Gasteiger partial charge is 0.465 e. The molecule has 0 spiro atoms. The molecule has 2 N–H and O–H groups in total. The van der Waals surface area contributed by atoms with Gasteiger partial charge in [0.25, 0.3) is 6.36 Å². The molecular weight excluding hydrogens is 355 g/mol. The molecule has 1 heterocycles. The Labute approximate surface area is 147 Å². The van der Waals surface area contributed by atoms with Crippen molar-refractivity contribution in [1.82, 2.24) is 15.5 Å².